The first kappa shape index (κ1) is 12.7. The van der Waals surface area contributed by atoms with E-state index in [1.165, 1.54) is 37.0 Å². The molecule has 2 saturated carbocycles. The van der Waals surface area contributed by atoms with Gasteiger partial charge in [0.1, 0.15) is 0 Å². The minimum Gasteiger partial charge on any atom is -0.380 e. The molecule has 0 radical (unpaired) electrons. The van der Waals surface area contributed by atoms with Gasteiger partial charge >= 0.3 is 5.97 Å². The van der Waals surface area contributed by atoms with E-state index in [9.17, 15) is 4.79 Å². The molecule has 0 saturated heterocycles. The molecule has 0 aliphatic heterocycles. The van der Waals surface area contributed by atoms with Gasteiger partial charge in [0.2, 0.25) is 0 Å². The zero-order chi connectivity index (χ0) is 13.2. The first-order valence-electron chi connectivity index (χ1n) is 6.79. The third-order valence-electron chi connectivity index (χ3n) is 4.33. The molecule has 102 valence electrons. The van der Waals surface area contributed by atoms with Gasteiger partial charge in [0.05, 0.1) is 11.3 Å². The van der Waals surface area contributed by atoms with Gasteiger partial charge in [0.25, 0.3) is 0 Å². The molecule has 3 unspecified atom stereocenters. The number of thiophene rings is 1. The van der Waals surface area contributed by atoms with Crippen LogP contribution in [0.4, 0.5) is 0 Å². The van der Waals surface area contributed by atoms with Gasteiger partial charge in [-0.25, -0.2) is 4.79 Å². The minimum absolute atomic E-state index is 0.253. The summed E-state index contributed by atoms with van der Waals surface area (Å²) in [5.41, 5.74) is 5.74. The highest BCUT2D eigenvalue weighted by Gasteiger charge is 2.40. The highest BCUT2D eigenvalue weighted by atomic mass is 32.1. The second kappa shape index (κ2) is 5.33. The average molecular weight is 278 g/mol. The van der Waals surface area contributed by atoms with Gasteiger partial charge in [-0.2, -0.15) is 0 Å². The SMILES string of the molecule is N/C(=N\OC(=O)CC1CC2CCC1C2)c1cccs1. The number of oxime groups is 1. The lowest BCUT2D eigenvalue weighted by molar-refractivity contribution is -0.145. The van der Waals surface area contributed by atoms with Crippen LogP contribution in [-0.2, 0) is 9.63 Å². The number of hydrogen-bond donors (Lipinski definition) is 1. The molecule has 0 aromatic carbocycles. The van der Waals surface area contributed by atoms with Crippen molar-refractivity contribution in [1.29, 1.82) is 0 Å². The number of amidine groups is 1. The van der Waals surface area contributed by atoms with Gasteiger partial charge in [0, 0.05) is 0 Å². The largest absolute Gasteiger partial charge is 0.380 e. The first-order chi connectivity index (χ1) is 9.22. The Kier molecular flexibility index (Phi) is 3.55. The lowest BCUT2D eigenvalue weighted by Crippen LogP contribution is -2.18. The smallest absolute Gasteiger partial charge is 0.335 e. The maximum absolute atomic E-state index is 11.8. The Morgan fingerprint density at radius 2 is 2.37 bits per heavy atom. The molecule has 2 aliphatic carbocycles. The average Bonchev–Trinajstić information content (AvgIpc) is 3.12. The van der Waals surface area contributed by atoms with E-state index in [4.69, 9.17) is 10.6 Å². The molecule has 1 aromatic rings. The van der Waals surface area contributed by atoms with Crippen LogP contribution in [0.15, 0.2) is 22.7 Å². The van der Waals surface area contributed by atoms with Crippen LogP contribution < -0.4 is 5.73 Å². The van der Waals surface area contributed by atoms with Crippen LogP contribution in [0.1, 0.15) is 37.0 Å². The summed E-state index contributed by atoms with van der Waals surface area (Å²) in [6.07, 6.45) is 5.60. The van der Waals surface area contributed by atoms with E-state index < -0.39 is 0 Å². The lowest BCUT2D eigenvalue weighted by Gasteiger charge is -2.19. The van der Waals surface area contributed by atoms with E-state index in [-0.39, 0.29) is 11.8 Å². The topological polar surface area (TPSA) is 64.7 Å². The van der Waals surface area contributed by atoms with Crippen LogP contribution in [0.3, 0.4) is 0 Å². The van der Waals surface area contributed by atoms with Crippen molar-refractivity contribution in [3.8, 4) is 0 Å². The van der Waals surface area contributed by atoms with Gasteiger partial charge in [-0.15, -0.1) is 11.3 Å². The quantitative estimate of drug-likeness (QED) is 0.398. The fourth-order valence-corrected chi connectivity index (χ4v) is 4.07. The molecule has 2 bridgehead atoms. The van der Waals surface area contributed by atoms with Gasteiger partial charge in [-0.05, 0) is 48.5 Å². The Morgan fingerprint density at radius 1 is 1.47 bits per heavy atom. The maximum Gasteiger partial charge on any atom is 0.335 e. The molecule has 0 spiro atoms. The monoisotopic (exact) mass is 278 g/mol. The summed E-state index contributed by atoms with van der Waals surface area (Å²) in [5.74, 6) is 2.11. The molecule has 2 aliphatic rings. The highest BCUT2D eigenvalue weighted by molar-refractivity contribution is 7.12. The van der Waals surface area contributed by atoms with Gasteiger partial charge in [-0.3, -0.25) is 0 Å². The molecule has 3 atom stereocenters. The first-order valence-corrected chi connectivity index (χ1v) is 7.67. The van der Waals surface area contributed by atoms with E-state index in [0.29, 0.717) is 12.3 Å². The zero-order valence-corrected chi connectivity index (χ0v) is 11.6. The zero-order valence-electron chi connectivity index (χ0n) is 10.7. The predicted octanol–water partition coefficient (Wildman–Crippen LogP) is 2.74. The fourth-order valence-electron chi connectivity index (χ4n) is 3.45. The van der Waals surface area contributed by atoms with Gasteiger partial charge in [0.15, 0.2) is 5.84 Å². The summed E-state index contributed by atoms with van der Waals surface area (Å²) >= 11 is 1.48. The summed E-state index contributed by atoms with van der Waals surface area (Å²) in [5, 5.41) is 5.64. The van der Waals surface area contributed by atoms with Crippen LogP contribution in [0.2, 0.25) is 0 Å². The molecule has 19 heavy (non-hydrogen) atoms. The number of nitrogens with zero attached hydrogens (tertiary/aromatic N) is 1. The number of carbonyl (C=O) groups is 1. The van der Waals surface area contributed by atoms with Gasteiger partial charge in [-0.1, -0.05) is 17.6 Å². The number of hydrogen-bond acceptors (Lipinski definition) is 4. The summed E-state index contributed by atoms with van der Waals surface area (Å²) in [6.45, 7) is 0. The van der Waals surface area contributed by atoms with Gasteiger partial charge < -0.3 is 10.6 Å². The highest BCUT2D eigenvalue weighted by Crippen LogP contribution is 2.49. The minimum atomic E-state index is -0.253. The third kappa shape index (κ3) is 2.81. The molecule has 1 heterocycles. The molecule has 2 fully saturated rings. The number of fused-ring (bicyclic) bond motifs is 2. The second-order valence-electron chi connectivity index (χ2n) is 5.56. The summed E-state index contributed by atoms with van der Waals surface area (Å²) in [4.78, 5) is 17.5. The summed E-state index contributed by atoms with van der Waals surface area (Å²) in [7, 11) is 0. The fraction of sp³-hybridized carbons (Fsp3) is 0.571. The summed E-state index contributed by atoms with van der Waals surface area (Å²) in [6, 6.07) is 3.74. The van der Waals surface area contributed by atoms with Crippen molar-refractivity contribution in [2.75, 3.05) is 0 Å². The van der Waals surface area contributed by atoms with Crippen LogP contribution in [-0.4, -0.2) is 11.8 Å². The van der Waals surface area contributed by atoms with Crippen LogP contribution >= 0.6 is 11.3 Å². The van der Waals surface area contributed by atoms with E-state index in [0.717, 1.165) is 16.7 Å². The lowest BCUT2D eigenvalue weighted by atomic mass is 9.86. The molecule has 5 heteroatoms. The maximum atomic E-state index is 11.8. The Balaban J connectivity index is 1.50. The number of rotatable bonds is 4. The molecular formula is C14H18N2O2S. The number of carbonyl (C=O) groups excluding carboxylic acids is 1. The molecule has 2 N–H and O–H groups in total. The normalized spacial score (nSPS) is 29.7. The van der Waals surface area contributed by atoms with E-state index in [1.807, 2.05) is 17.5 Å². The van der Waals surface area contributed by atoms with Crippen molar-refractivity contribution in [2.24, 2.45) is 28.6 Å². The summed E-state index contributed by atoms with van der Waals surface area (Å²) < 4.78 is 0. The van der Waals surface area contributed by atoms with Crippen molar-refractivity contribution in [2.45, 2.75) is 32.1 Å². The van der Waals surface area contributed by atoms with Crippen molar-refractivity contribution in [1.82, 2.24) is 0 Å². The molecular weight excluding hydrogens is 260 g/mol. The Hall–Kier alpha value is -1.36. The van der Waals surface area contributed by atoms with Crippen molar-refractivity contribution in [3.63, 3.8) is 0 Å². The van der Waals surface area contributed by atoms with Crippen LogP contribution in [0.5, 0.6) is 0 Å². The second-order valence-corrected chi connectivity index (χ2v) is 6.50. The molecule has 4 nitrogen and oxygen atoms in total. The third-order valence-corrected chi connectivity index (χ3v) is 5.23. The Labute approximate surface area is 116 Å². The predicted molar refractivity (Wildman–Crippen MR) is 74.7 cm³/mol. The molecule has 1 aromatic heterocycles. The molecule has 0 amide bonds. The van der Waals surface area contributed by atoms with Crippen LogP contribution in [0, 0.1) is 17.8 Å². The van der Waals surface area contributed by atoms with Crippen LogP contribution in [0.25, 0.3) is 0 Å². The standard InChI is InChI=1S/C14H18N2O2S/c15-14(12-2-1-5-19-12)16-18-13(17)8-11-7-9-3-4-10(11)6-9/h1-2,5,9-11H,3-4,6-8H2,(H2,15,16). The number of nitrogens with two attached hydrogens (primary N) is 1. The van der Waals surface area contributed by atoms with E-state index in [2.05, 4.69) is 5.16 Å². The Bertz CT molecular complexity index is 484. The Morgan fingerprint density at radius 3 is 3.00 bits per heavy atom. The molecule has 3 rings (SSSR count). The van der Waals surface area contributed by atoms with Crippen molar-refractivity contribution >= 4 is 23.1 Å². The van der Waals surface area contributed by atoms with Crippen molar-refractivity contribution < 1.29 is 9.63 Å². The van der Waals surface area contributed by atoms with E-state index in [1.54, 1.807) is 0 Å². The van der Waals surface area contributed by atoms with Crippen molar-refractivity contribution in [3.05, 3.63) is 22.4 Å². The van der Waals surface area contributed by atoms with E-state index >= 15 is 0 Å².